The van der Waals surface area contributed by atoms with Crippen LogP contribution < -0.4 is 15.4 Å². The summed E-state index contributed by atoms with van der Waals surface area (Å²) in [5.74, 6) is -1.69. The molecule has 0 radical (unpaired) electrons. The molecule has 2 rings (SSSR count). The van der Waals surface area contributed by atoms with Crippen LogP contribution in [0.5, 0.6) is 0 Å². The minimum Gasteiger partial charge on any atom is -0.467 e. The third kappa shape index (κ3) is 6.33. The summed E-state index contributed by atoms with van der Waals surface area (Å²) in [7, 11) is -2.01. The predicted octanol–water partition coefficient (Wildman–Crippen LogP) is -0.917. The van der Waals surface area contributed by atoms with Gasteiger partial charge in [0.05, 0.1) is 12.9 Å². The van der Waals surface area contributed by atoms with E-state index in [0.29, 0.717) is 0 Å². The average molecular weight is 397 g/mol. The van der Waals surface area contributed by atoms with Gasteiger partial charge in [0.2, 0.25) is 21.8 Å². The molecule has 3 atom stereocenters. The number of hydrogen-bond acceptors (Lipinski definition) is 6. The van der Waals surface area contributed by atoms with Crippen molar-refractivity contribution in [3.63, 3.8) is 0 Å². The molecule has 3 N–H and O–H groups in total. The summed E-state index contributed by atoms with van der Waals surface area (Å²) in [4.78, 5) is 36.2. The fourth-order valence-corrected chi connectivity index (χ4v) is 3.88. The summed E-state index contributed by atoms with van der Waals surface area (Å²) in [6, 6.07) is 6.91. The van der Waals surface area contributed by atoms with Gasteiger partial charge in [-0.25, -0.2) is 17.9 Å². The Balaban J connectivity index is 1.87. The largest absolute Gasteiger partial charge is 0.467 e. The molecular weight excluding hydrogens is 374 g/mol. The molecule has 10 heteroatoms. The Labute approximate surface area is 157 Å². The maximum absolute atomic E-state index is 12.3. The zero-order chi connectivity index (χ0) is 20.0. The minimum atomic E-state index is -3.24. The van der Waals surface area contributed by atoms with E-state index in [1.165, 1.54) is 14.0 Å². The molecule has 1 fully saturated rings. The quantitative estimate of drug-likeness (QED) is 0.487. The molecule has 2 amide bonds. The monoisotopic (exact) mass is 397 g/mol. The number of nitrogens with one attached hydrogen (secondary N) is 3. The minimum absolute atomic E-state index is 0.0543. The van der Waals surface area contributed by atoms with E-state index < -0.39 is 45.9 Å². The molecule has 0 saturated carbocycles. The van der Waals surface area contributed by atoms with Crippen LogP contribution in [0.3, 0.4) is 0 Å². The van der Waals surface area contributed by atoms with E-state index in [-0.39, 0.29) is 18.6 Å². The number of carbonyl (C=O) groups excluding carboxylic acids is 3. The molecule has 1 aliphatic heterocycles. The summed E-state index contributed by atoms with van der Waals surface area (Å²) < 4.78 is 29.1. The molecule has 1 saturated heterocycles. The van der Waals surface area contributed by atoms with Crippen molar-refractivity contribution >= 4 is 27.8 Å². The van der Waals surface area contributed by atoms with E-state index in [0.717, 1.165) is 5.56 Å². The lowest BCUT2D eigenvalue weighted by Crippen LogP contribution is -2.56. The second-order valence-electron chi connectivity index (χ2n) is 6.36. The molecule has 1 unspecified atom stereocenters. The van der Waals surface area contributed by atoms with Gasteiger partial charge in [-0.3, -0.25) is 9.59 Å². The molecule has 1 aromatic rings. The molecule has 0 aromatic heterocycles. The molecule has 0 spiro atoms. The van der Waals surface area contributed by atoms with E-state index in [1.807, 2.05) is 30.3 Å². The number of ether oxygens (including phenoxy) is 1. The van der Waals surface area contributed by atoms with Gasteiger partial charge in [-0.05, 0) is 12.5 Å². The lowest BCUT2D eigenvalue weighted by atomic mass is 10.1. The first-order chi connectivity index (χ1) is 12.7. The Morgan fingerprint density at radius 1 is 1.22 bits per heavy atom. The average Bonchev–Trinajstić information content (AvgIpc) is 2.59. The van der Waals surface area contributed by atoms with Crippen LogP contribution in [-0.4, -0.2) is 57.2 Å². The lowest BCUT2D eigenvalue weighted by Gasteiger charge is -2.27. The first-order valence-corrected chi connectivity index (χ1v) is 10.1. The Kier molecular flexibility index (Phi) is 6.92. The van der Waals surface area contributed by atoms with E-state index >= 15 is 0 Å². The fraction of sp³-hybridized carbons (Fsp3) is 0.471. The number of methoxy groups -OCH3 is 1. The highest BCUT2D eigenvalue weighted by Crippen LogP contribution is 2.09. The number of benzene rings is 1. The van der Waals surface area contributed by atoms with Crippen molar-refractivity contribution in [3.05, 3.63) is 35.9 Å². The second-order valence-corrected chi connectivity index (χ2v) is 8.16. The van der Waals surface area contributed by atoms with Gasteiger partial charge in [-0.15, -0.1) is 0 Å². The van der Waals surface area contributed by atoms with Crippen LogP contribution in [0.1, 0.15) is 18.9 Å². The first-order valence-electron chi connectivity index (χ1n) is 8.41. The summed E-state index contributed by atoms with van der Waals surface area (Å²) in [6.07, 6.45) is 0.199. The Hall–Kier alpha value is -2.46. The van der Waals surface area contributed by atoms with Crippen LogP contribution in [0.15, 0.2) is 30.3 Å². The van der Waals surface area contributed by atoms with Crippen molar-refractivity contribution < 1.29 is 27.5 Å². The van der Waals surface area contributed by atoms with E-state index in [9.17, 15) is 22.8 Å². The maximum Gasteiger partial charge on any atom is 0.328 e. The predicted molar refractivity (Wildman–Crippen MR) is 97.0 cm³/mol. The molecule has 9 nitrogen and oxygen atoms in total. The highest BCUT2D eigenvalue weighted by atomic mass is 32.2. The van der Waals surface area contributed by atoms with Gasteiger partial charge in [-0.1, -0.05) is 30.3 Å². The van der Waals surface area contributed by atoms with E-state index in [2.05, 4.69) is 15.4 Å². The van der Waals surface area contributed by atoms with Crippen molar-refractivity contribution in [2.45, 2.75) is 37.9 Å². The van der Waals surface area contributed by atoms with Crippen molar-refractivity contribution in [2.24, 2.45) is 0 Å². The zero-order valence-corrected chi connectivity index (χ0v) is 15.9. The van der Waals surface area contributed by atoms with Gasteiger partial charge in [0.15, 0.2) is 0 Å². The smallest absolute Gasteiger partial charge is 0.328 e. The van der Waals surface area contributed by atoms with Crippen molar-refractivity contribution in [2.75, 3.05) is 12.9 Å². The summed E-state index contributed by atoms with van der Waals surface area (Å²) in [6.45, 7) is 1.48. The van der Waals surface area contributed by atoms with Gasteiger partial charge >= 0.3 is 5.97 Å². The highest BCUT2D eigenvalue weighted by Gasteiger charge is 2.34. The zero-order valence-electron chi connectivity index (χ0n) is 15.1. The number of sulfonamides is 1. The summed E-state index contributed by atoms with van der Waals surface area (Å²) >= 11 is 0. The fourth-order valence-electron chi connectivity index (χ4n) is 2.67. The number of rotatable bonds is 8. The molecular formula is C17H23N3O6S. The van der Waals surface area contributed by atoms with Crippen molar-refractivity contribution in [3.8, 4) is 0 Å². The van der Waals surface area contributed by atoms with Crippen LogP contribution in [0.25, 0.3) is 0 Å². The van der Waals surface area contributed by atoms with Gasteiger partial charge in [-0.2, -0.15) is 0 Å². The van der Waals surface area contributed by atoms with Crippen LogP contribution in [0, 0.1) is 0 Å². The van der Waals surface area contributed by atoms with Crippen LogP contribution in [0.2, 0.25) is 0 Å². The number of carbonyl (C=O) groups is 3. The molecule has 1 aliphatic rings. The maximum atomic E-state index is 12.3. The van der Waals surface area contributed by atoms with Crippen LogP contribution in [0.4, 0.5) is 0 Å². The molecule has 27 heavy (non-hydrogen) atoms. The first kappa shape index (κ1) is 20.8. The molecule has 148 valence electrons. The summed E-state index contributed by atoms with van der Waals surface area (Å²) in [5.41, 5.74) is 0.849. The van der Waals surface area contributed by atoms with Crippen LogP contribution in [-0.2, 0) is 35.6 Å². The lowest BCUT2D eigenvalue weighted by molar-refractivity contribution is -0.145. The third-order valence-corrected chi connectivity index (χ3v) is 5.59. The number of amides is 2. The van der Waals surface area contributed by atoms with E-state index in [1.54, 1.807) is 0 Å². The van der Waals surface area contributed by atoms with Crippen molar-refractivity contribution in [1.29, 1.82) is 0 Å². The number of hydrogen-bond donors (Lipinski definition) is 3. The normalized spacial score (nSPS) is 19.9. The third-order valence-electron chi connectivity index (χ3n) is 4.05. The molecule has 1 aromatic carbocycles. The van der Waals surface area contributed by atoms with E-state index in [4.69, 9.17) is 4.74 Å². The van der Waals surface area contributed by atoms with Gasteiger partial charge in [0, 0.05) is 18.9 Å². The summed E-state index contributed by atoms with van der Waals surface area (Å²) in [5, 5.41) is 5.07. The Bertz CT molecular complexity index is 784. The molecule has 0 aliphatic carbocycles. The standard InChI is InChI=1S/C17H23N3O6S/c1-11(18-15(21)9-13-10-27(24,25)20-13)16(22)19-14(17(23)26-2)8-12-6-4-3-5-7-12/h3-7,11,13-14,20H,8-10H2,1-2H3,(H,18,21)(H,19,22)/t11-,13?,14-/m0/s1. The SMILES string of the molecule is COC(=O)[C@H](Cc1ccccc1)NC(=O)[C@H](C)NC(=O)CC1CS(=O)(=O)N1. The van der Waals surface area contributed by atoms with Crippen LogP contribution >= 0.6 is 0 Å². The topological polar surface area (TPSA) is 131 Å². The van der Waals surface area contributed by atoms with Crippen molar-refractivity contribution in [1.82, 2.24) is 15.4 Å². The van der Waals surface area contributed by atoms with Gasteiger partial charge in [0.25, 0.3) is 0 Å². The van der Waals surface area contributed by atoms with Gasteiger partial charge < -0.3 is 15.4 Å². The Morgan fingerprint density at radius 3 is 2.41 bits per heavy atom. The number of esters is 1. The second kappa shape index (κ2) is 8.96. The Morgan fingerprint density at radius 2 is 1.85 bits per heavy atom. The molecule has 0 bridgehead atoms. The molecule has 1 heterocycles. The van der Waals surface area contributed by atoms with Gasteiger partial charge in [0.1, 0.15) is 12.1 Å². The highest BCUT2D eigenvalue weighted by molar-refractivity contribution is 7.90.